The number of hydrogen-bond donors (Lipinski definition) is 0. The molecule has 2 aromatic rings. The van der Waals surface area contributed by atoms with Crippen molar-refractivity contribution in [3.8, 4) is 5.82 Å². The molecule has 14 heavy (non-hydrogen) atoms. The van der Waals surface area contributed by atoms with Gasteiger partial charge in [0.15, 0.2) is 5.82 Å². The fourth-order valence-corrected chi connectivity index (χ4v) is 1.61. The molecule has 0 bridgehead atoms. The zero-order valence-electron chi connectivity index (χ0n) is 7.41. The van der Waals surface area contributed by atoms with Crippen molar-refractivity contribution in [1.82, 2.24) is 14.8 Å². The molecule has 0 radical (unpaired) electrons. The third-order valence-electron chi connectivity index (χ3n) is 1.82. The fourth-order valence-electron chi connectivity index (χ4n) is 1.15. The predicted octanol–water partition coefficient (Wildman–Crippen LogP) is 2.88. The highest BCUT2D eigenvalue weighted by atomic mass is 35.5. The Hall–Kier alpha value is -1.06. The second kappa shape index (κ2) is 3.59. The van der Waals surface area contributed by atoms with Gasteiger partial charge in [0, 0.05) is 18.1 Å². The van der Waals surface area contributed by atoms with Crippen LogP contribution in [-0.2, 0) is 0 Å². The van der Waals surface area contributed by atoms with E-state index in [9.17, 15) is 0 Å². The highest BCUT2D eigenvalue weighted by Crippen LogP contribution is 2.21. The average molecular weight is 228 g/mol. The molecule has 0 spiro atoms. The van der Waals surface area contributed by atoms with Crippen LogP contribution < -0.4 is 0 Å². The van der Waals surface area contributed by atoms with Crippen LogP contribution in [0, 0.1) is 6.92 Å². The number of aromatic nitrogens is 3. The Morgan fingerprint density at radius 1 is 1.36 bits per heavy atom. The molecule has 0 aromatic carbocycles. The SMILES string of the molecule is Cc1ccnn1-c1ncc(Cl)cc1Cl. The lowest BCUT2D eigenvalue weighted by molar-refractivity contribution is 0.818. The van der Waals surface area contributed by atoms with Crippen LogP contribution in [0.3, 0.4) is 0 Å². The number of hydrogen-bond acceptors (Lipinski definition) is 2. The lowest BCUT2D eigenvalue weighted by atomic mass is 10.4. The van der Waals surface area contributed by atoms with Crippen molar-refractivity contribution < 1.29 is 0 Å². The Morgan fingerprint density at radius 2 is 2.14 bits per heavy atom. The molecule has 0 aliphatic carbocycles. The Balaban J connectivity index is 2.58. The van der Waals surface area contributed by atoms with Crippen molar-refractivity contribution in [1.29, 1.82) is 0 Å². The van der Waals surface area contributed by atoms with Crippen molar-refractivity contribution >= 4 is 23.2 Å². The molecule has 0 fully saturated rings. The molecule has 3 nitrogen and oxygen atoms in total. The molecule has 2 rings (SSSR count). The van der Waals surface area contributed by atoms with E-state index in [2.05, 4.69) is 10.1 Å². The molecule has 0 saturated carbocycles. The summed E-state index contributed by atoms with van der Waals surface area (Å²) in [6.07, 6.45) is 3.24. The van der Waals surface area contributed by atoms with Crippen molar-refractivity contribution in [3.63, 3.8) is 0 Å². The topological polar surface area (TPSA) is 30.7 Å². The maximum Gasteiger partial charge on any atom is 0.172 e. The van der Waals surface area contributed by atoms with Gasteiger partial charge in [-0.2, -0.15) is 5.10 Å². The van der Waals surface area contributed by atoms with Gasteiger partial charge < -0.3 is 0 Å². The summed E-state index contributed by atoms with van der Waals surface area (Å²) in [6.45, 7) is 1.93. The summed E-state index contributed by atoms with van der Waals surface area (Å²) in [5.74, 6) is 0.596. The summed E-state index contributed by atoms with van der Waals surface area (Å²) in [5.41, 5.74) is 0.974. The number of halogens is 2. The Kier molecular flexibility index (Phi) is 2.44. The van der Waals surface area contributed by atoms with Gasteiger partial charge in [0.05, 0.1) is 10.0 Å². The third-order valence-corrected chi connectivity index (χ3v) is 2.31. The Labute approximate surface area is 91.3 Å². The summed E-state index contributed by atoms with van der Waals surface area (Å²) in [4.78, 5) is 4.12. The smallest absolute Gasteiger partial charge is 0.172 e. The van der Waals surface area contributed by atoms with Gasteiger partial charge in [-0.3, -0.25) is 0 Å². The van der Waals surface area contributed by atoms with Crippen molar-refractivity contribution in [2.24, 2.45) is 0 Å². The maximum atomic E-state index is 5.99. The lowest BCUT2D eigenvalue weighted by Gasteiger charge is -2.05. The molecule has 0 aliphatic rings. The minimum atomic E-state index is 0.490. The van der Waals surface area contributed by atoms with Crippen LogP contribution in [0.25, 0.3) is 5.82 Å². The first-order valence-electron chi connectivity index (χ1n) is 4.00. The van der Waals surface area contributed by atoms with Gasteiger partial charge >= 0.3 is 0 Å². The van der Waals surface area contributed by atoms with Crippen LogP contribution in [0.4, 0.5) is 0 Å². The van der Waals surface area contributed by atoms with Gasteiger partial charge in [0.1, 0.15) is 0 Å². The Morgan fingerprint density at radius 3 is 2.71 bits per heavy atom. The number of rotatable bonds is 1. The van der Waals surface area contributed by atoms with E-state index in [-0.39, 0.29) is 0 Å². The molecule has 72 valence electrons. The molecule has 2 heterocycles. The van der Waals surface area contributed by atoms with Crippen LogP contribution in [-0.4, -0.2) is 14.8 Å². The van der Waals surface area contributed by atoms with Crippen LogP contribution in [0.2, 0.25) is 10.0 Å². The van der Waals surface area contributed by atoms with Crippen molar-refractivity contribution in [2.45, 2.75) is 6.92 Å². The van der Waals surface area contributed by atoms with Crippen molar-refractivity contribution in [2.75, 3.05) is 0 Å². The minimum Gasteiger partial charge on any atom is -0.234 e. The highest BCUT2D eigenvalue weighted by molar-refractivity contribution is 6.35. The first kappa shape index (κ1) is 9.49. The third kappa shape index (κ3) is 1.61. The van der Waals surface area contributed by atoms with Crippen LogP contribution in [0.1, 0.15) is 5.69 Å². The average Bonchev–Trinajstić information content (AvgIpc) is 2.52. The van der Waals surface area contributed by atoms with Gasteiger partial charge in [0.25, 0.3) is 0 Å². The number of nitrogens with zero attached hydrogens (tertiary/aromatic N) is 3. The van der Waals surface area contributed by atoms with E-state index in [4.69, 9.17) is 23.2 Å². The Bertz CT molecular complexity index is 465. The van der Waals surface area contributed by atoms with Crippen molar-refractivity contribution in [3.05, 3.63) is 40.3 Å². The summed E-state index contributed by atoms with van der Waals surface area (Å²) in [5, 5.41) is 5.11. The summed E-state index contributed by atoms with van der Waals surface area (Å²) in [6, 6.07) is 3.53. The van der Waals surface area contributed by atoms with Gasteiger partial charge in [-0.15, -0.1) is 0 Å². The van der Waals surface area contributed by atoms with Crippen LogP contribution >= 0.6 is 23.2 Å². The largest absolute Gasteiger partial charge is 0.234 e. The molecular weight excluding hydrogens is 221 g/mol. The molecule has 0 N–H and O–H groups in total. The zero-order valence-corrected chi connectivity index (χ0v) is 8.92. The van der Waals surface area contributed by atoms with Crippen LogP contribution in [0.15, 0.2) is 24.5 Å². The van der Waals surface area contributed by atoms with Crippen LogP contribution in [0.5, 0.6) is 0 Å². The monoisotopic (exact) mass is 227 g/mol. The quantitative estimate of drug-likeness (QED) is 0.751. The molecule has 5 heteroatoms. The van der Waals surface area contributed by atoms with E-state index in [0.717, 1.165) is 5.69 Å². The molecule has 0 aliphatic heterocycles. The summed E-state index contributed by atoms with van der Waals surface area (Å²) >= 11 is 11.7. The molecule has 0 unspecified atom stereocenters. The van der Waals surface area contributed by atoms with E-state index < -0.39 is 0 Å². The van der Waals surface area contributed by atoms with Gasteiger partial charge in [-0.25, -0.2) is 9.67 Å². The van der Waals surface area contributed by atoms with E-state index in [1.165, 1.54) is 0 Å². The highest BCUT2D eigenvalue weighted by Gasteiger charge is 2.07. The lowest BCUT2D eigenvalue weighted by Crippen LogP contribution is -2.01. The number of pyridine rings is 1. The molecule has 0 saturated heterocycles. The van der Waals surface area contributed by atoms with E-state index in [1.807, 2.05) is 13.0 Å². The van der Waals surface area contributed by atoms with E-state index >= 15 is 0 Å². The maximum absolute atomic E-state index is 5.99. The summed E-state index contributed by atoms with van der Waals surface area (Å²) < 4.78 is 1.67. The zero-order chi connectivity index (χ0) is 10.1. The first-order chi connectivity index (χ1) is 6.68. The second-order valence-electron chi connectivity index (χ2n) is 2.84. The van der Waals surface area contributed by atoms with Gasteiger partial charge in [-0.1, -0.05) is 23.2 Å². The van der Waals surface area contributed by atoms with E-state index in [0.29, 0.717) is 15.9 Å². The molecule has 0 atom stereocenters. The standard InChI is InChI=1S/C9H7Cl2N3/c1-6-2-3-13-14(6)9-8(11)4-7(10)5-12-9/h2-5H,1H3. The molecular formula is C9H7Cl2N3. The normalized spacial score (nSPS) is 10.5. The second-order valence-corrected chi connectivity index (χ2v) is 3.69. The predicted molar refractivity (Wildman–Crippen MR) is 56.1 cm³/mol. The fraction of sp³-hybridized carbons (Fsp3) is 0.111. The minimum absolute atomic E-state index is 0.490. The van der Waals surface area contributed by atoms with E-state index in [1.54, 1.807) is 23.1 Å². The first-order valence-corrected chi connectivity index (χ1v) is 4.76. The summed E-state index contributed by atoms with van der Waals surface area (Å²) in [7, 11) is 0. The molecule has 2 aromatic heterocycles. The number of aryl methyl sites for hydroxylation is 1. The van der Waals surface area contributed by atoms with Gasteiger partial charge in [-0.05, 0) is 19.1 Å². The van der Waals surface area contributed by atoms with Gasteiger partial charge in [0.2, 0.25) is 0 Å². The molecule has 0 amide bonds.